The molecule has 1 amide bonds. The van der Waals surface area contributed by atoms with Crippen LogP contribution < -0.4 is 10.1 Å². The molecule has 0 aliphatic rings. The summed E-state index contributed by atoms with van der Waals surface area (Å²) in [7, 11) is 1.84. The van der Waals surface area contributed by atoms with Crippen molar-refractivity contribution in [2.24, 2.45) is 0 Å². The third-order valence-corrected chi connectivity index (χ3v) is 3.95. The first-order valence-corrected chi connectivity index (χ1v) is 8.40. The molecule has 134 valence electrons. The predicted octanol–water partition coefficient (Wildman–Crippen LogP) is 3.41. The summed E-state index contributed by atoms with van der Waals surface area (Å²) >= 11 is 5.81. The Labute approximate surface area is 152 Å². The highest BCUT2D eigenvalue weighted by Gasteiger charge is 2.07. The van der Waals surface area contributed by atoms with Gasteiger partial charge in [-0.3, -0.25) is 9.69 Å². The molecule has 25 heavy (non-hydrogen) atoms. The molecular formula is C19H22ClFN2O2. The number of hydrogen-bond donors (Lipinski definition) is 1. The number of carbonyl (C=O) groups excluding carboxylic acids is 1. The Balaban J connectivity index is 1.67. The van der Waals surface area contributed by atoms with Crippen molar-refractivity contribution in [3.05, 3.63) is 64.4 Å². The summed E-state index contributed by atoms with van der Waals surface area (Å²) in [5, 5.41) is 3.45. The summed E-state index contributed by atoms with van der Waals surface area (Å²) < 4.78 is 19.1. The van der Waals surface area contributed by atoms with E-state index in [1.807, 2.05) is 18.0 Å². The van der Waals surface area contributed by atoms with Gasteiger partial charge in [-0.05, 0) is 55.4 Å². The van der Waals surface area contributed by atoms with Crippen molar-refractivity contribution in [2.75, 3.05) is 26.7 Å². The van der Waals surface area contributed by atoms with Gasteiger partial charge >= 0.3 is 0 Å². The Kier molecular flexibility index (Phi) is 7.22. The van der Waals surface area contributed by atoms with Crippen molar-refractivity contribution in [2.45, 2.75) is 13.5 Å². The maximum Gasteiger partial charge on any atom is 0.234 e. The number of hydrogen-bond acceptors (Lipinski definition) is 3. The van der Waals surface area contributed by atoms with Crippen LogP contribution in [0.1, 0.15) is 11.1 Å². The number of carbonyl (C=O) groups is 1. The van der Waals surface area contributed by atoms with E-state index in [-0.39, 0.29) is 18.3 Å². The Morgan fingerprint density at radius 2 is 1.96 bits per heavy atom. The summed E-state index contributed by atoms with van der Waals surface area (Å²) in [6.45, 7) is 3.34. The predicted molar refractivity (Wildman–Crippen MR) is 97.4 cm³/mol. The fraction of sp³-hybridized carbons (Fsp3) is 0.316. The molecule has 2 rings (SSSR count). The van der Waals surface area contributed by atoms with Crippen LogP contribution in [0.15, 0.2) is 42.5 Å². The summed E-state index contributed by atoms with van der Waals surface area (Å²) in [5.41, 5.74) is 1.33. The summed E-state index contributed by atoms with van der Waals surface area (Å²) in [4.78, 5) is 13.8. The van der Waals surface area contributed by atoms with Gasteiger partial charge < -0.3 is 10.1 Å². The zero-order valence-electron chi connectivity index (χ0n) is 14.4. The first-order chi connectivity index (χ1) is 11.9. The van der Waals surface area contributed by atoms with Crippen LogP contribution >= 0.6 is 11.6 Å². The largest absolute Gasteiger partial charge is 0.492 e. The van der Waals surface area contributed by atoms with E-state index in [0.717, 1.165) is 11.3 Å². The van der Waals surface area contributed by atoms with E-state index in [1.54, 1.807) is 37.3 Å². The van der Waals surface area contributed by atoms with Crippen LogP contribution in [0.5, 0.6) is 5.75 Å². The molecule has 0 aromatic heterocycles. The SMILES string of the molecule is Cc1ccc(CNC(=O)CN(C)CCOc2ccc(Cl)cc2)cc1F. The minimum atomic E-state index is -0.261. The third kappa shape index (κ3) is 6.72. The van der Waals surface area contributed by atoms with Crippen LogP contribution in [0.2, 0.25) is 5.02 Å². The average Bonchev–Trinajstić information content (AvgIpc) is 2.58. The van der Waals surface area contributed by atoms with Crippen LogP contribution in [-0.4, -0.2) is 37.6 Å². The molecule has 0 atom stereocenters. The standard InChI is InChI=1S/C19H22ClFN2O2/c1-14-3-4-15(11-18(14)21)12-22-19(24)13-23(2)9-10-25-17-7-5-16(20)6-8-17/h3-8,11H,9-10,12-13H2,1-2H3,(H,22,24). The molecule has 0 radical (unpaired) electrons. The average molecular weight is 365 g/mol. The molecular weight excluding hydrogens is 343 g/mol. The van der Waals surface area contributed by atoms with Crippen molar-refractivity contribution in [3.63, 3.8) is 0 Å². The zero-order valence-corrected chi connectivity index (χ0v) is 15.1. The molecule has 0 spiro atoms. The van der Waals surface area contributed by atoms with Crippen molar-refractivity contribution >= 4 is 17.5 Å². The van der Waals surface area contributed by atoms with Gasteiger partial charge in [-0.1, -0.05) is 23.7 Å². The highest BCUT2D eigenvalue weighted by Crippen LogP contribution is 2.15. The van der Waals surface area contributed by atoms with Crippen molar-refractivity contribution in [1.29, 1.82) is 0 Å². The Morgan fingerprint density at radius 3 is 2.64 bits per heavy atom. The molecule has 0 heterocycles. The van der Waals surface area contributed by atoms with Crippen LogP contribution in [0.4, 0.5) is 4.39 Å². The van der Waals surface area contributed by atoms with Gasteiger partial charge in [0.2, 0.25) is 5.91 Å². The Bertz CT molecular complexity index is 707. The number of ether oxygens (including phenoxy) is 1. The first-order valence-electron chi connectivity index (χ1n) is 8.02. The van der Waals surface area contributed by atoms with E-state index in [0.29, 0.717) is 30.3 Å². The van der Waals surface area contributed by atoms with E-state index in [4.69, 9.17) is 16.3 Å². The molecule has 0 saturated heterocycles. The number of aryl methyl sites for hydroxylation is 1. The molecule has 2 aromatic carbocycles. The second kappa shape index (κ2) is 9.39. The zero-order chi connectivity index (χ0) is 18.2. The lowest BCUT2D eigenvalue weighted by Crippen LogP contribution is -2.36. The van der Waals surface area contributed by atoms with Crippen molar-refractivity contribution < 1.29 is 13.9 Å². The van der Waals surface area contributed by atoms with E-state index in [1.165, 1.54) is 6.07 Å². The number of likely N-dealkylation sites (N-methyl/N-ethyl adjacent to an activating group) is 1. The Hall–Kier alpha value is -2.11. The summed E-state index contributed by atoms with van der Waals surface area (Å²) in [6, 6.07) is 12.1. The van der Waals surface area contributed by atoms with Gasteiger partial charge in [-0.2, -0.15) is 0 Å². The molecule has 0 aliphatic carbocycles. The lowest BCUT2D eigenvalue weighted by atomic mass is 10.1. The molecule has 2 aromatic rings. The molecule has 0 fully saturated rings. The van der Waals surface area contributed by atoms with Crippen LogP contribution in [-0.2, 0) is 11.3 Å². The van der Waals surface area contributed by atoms with E-state index < -0.39 is 0 Å². The highest BCUT2D eigenvalue weighted by atomic mass is 35.5. The fourth-order valence-electron chi connectivity index (χ4n) is 2.18. The van der Waals surface area contributed by atoms with Gasteiger partial charge in [-0.15, -0.1) is 0 Å². The minimum Gasteiger partial charge on any atom is -0.492 e. The monoisotopic (exact) mass is 364 g/mol. The molecule has 1 N–H and O–H groups in total. The van der Waals surface area contributed by atoms with E-state index in [9.17, 15) is 9.18 Å². The molecule has 0 aliphatic heterocycles. The maximum absolute atomic E-state index is 13.5. The summed E-state index contributed by atoms with van der Waals surface area (Å²) in [6.07, 6.45) is 0. The lowest BCUT2D eigenvalue weighted by Gasteiger charge is -2.16. The topological polar surface area (TPSA) is 41.6 Å². The van der Waals surface area contributed by atoms with Crippen molar-refractivity contribution in [1.82, 2.24) is 10.2 Å². The second-order valence-corrected chi connectivity index (χ2v) is 6.34. The smallest absolute Gasteiger partial charge is 0.234 e. The molecule has 0 bridgehead atoms. The number of nitrogens with zero attached hydrogens (tertiary/aromatic N) is 1. The van der Waals surface area contributed by atoms with Crippen LogP contribution in [0, 0.1) is 12.7 Å². The Morgan fingerprint density at radius 1 is 1.24 bits per heavy atom. The second-order valence-electron chi connectivity index (χ2n) is 5.90. The number of rotatable bonds is 8. The van der Waals surface area contributed by atoms with Gasteiger partial charge in [0.15, 0.2) is 0 Å². The molecule has 0 unspecified atom stereocenters. The third-order valence-electron chi connectivity index (χ3n) is 3.69. The summed E-state index contributed by atoms with van der Waals surface area (Å²) in [5.74, 6) is 0.363. The molecule has 6 heteroatoms. The van der Waals surface area contributed by atoms with E-state index >= 15 is 0 Å². The van der Waals surface area contributed by atoms with Gasteiger partial charge in [0.25, 0.3) is 0 Å². The number of halogens is 2. The van der Waals surface area contributed by atoms with Crippen LogP contribution in [0.3, 0.4) is 0 Å². The fourth-order valence-corrected chi connectivity index (χ4v) is 2.30. The van der Waals surface area contributed by atoms with Gasteiger partial charge in [0.05, 0.1) is 6.54 Å². The quantitative estimate of drug-likeness (QED) is 0.780. The normalized spacial score (nSPS) is 10.8. The highest BCUT2D eigenvalue weighted by molar-refractivity contribution is 6.30. The number of nitrogens with one attached hydrogen (secondary N) is 1. The van der Waals surface area contributed by atoms with Gasteiger partial charge in [0, 0.05) is 18.1 Å². The van der Waals surface area contributed by atoms with Crippen molar-refractivity contribution in [3.8, 4) is 5.75 Å². The number of amides is 1. The van der Waals surface area contributed by atoms with E-state index in [2.05, 4.69) is 5.32 Å². The van der Waals surface area contributed by atoms with Gasteiger partial charge in [0.1, 0.15) is 18.2 Å². The number of benzene rings is 2. The lowest BCUT2D eigenvalue weighted by molar-refractivity contribution is -0.122. The van der Waals surface area contributed by atoms with Gasteiger partial charge in [-0.25, -0.2) is 4.39 Å². The molecule has 0 saturated carbocycles. The van der Waals surface area contributed by atoms with Crippen LogP contribution in [0.25, 0.3) is 0 Å². The molecule has 4 nitrogen and oxygen atoms in total. The first kappa shape index (κ1) is 19.2. The minimum absolute atomic E-state index is 0.116. The maximum atomic E-state index is 13.5.